The largest absolute Gasteiger partial charge is 0.508 e. The first-order valence-corrected chi connectivity index (χ1v) is 10.4. The van der Waals surface area contributed by atoms with E-state index in [1.165, 1.54) is 12.1 Å². The number of hydrogen-bond donors (Lipinski definition) is 6. The number of nitrogens with two attached hydrogens (primary N) is 3. The summed E-state index contributed by atoms with van der Waals surface area (Å²) in [7, 11) is 0. The zero-order chi connectivity index (χ0) is 24.4. The first kappa shape index (κ1) is 25.3. The zero-order valence-corrected chi connectivity index (χ0v) is 18.1. The van der Waals surface area contributed by atoms with Crippen LogP contribution >= 0.6 is 0 Å². The monoisotopic (exact) mass is 455 g/mol. The Hall–Kier alpha value is -3.92. The lowest BCUT2D eigenvalue weighted by Crippen LogP contribution is -2.56. The lowest BCUT2D eigenvalue weighted by atomic mass is 10.0. The van der Waals surface area contributed by atoms with Gasteiger partial charge in [0.1, 0.15) is 17.8 Å². The fourth-order valence-electron chi connectivity index (χ4n) is 3.16. The molecule has 33 heavy (non-hydrogen) atoms. The summed E-state index contributed by atoms with van der Waals surface area (Å²) in [4.78, 5) is 48.5. The van der Waals surface area contributed by atoms with E-state index < -0.39 is 41.8 Å². The smallest absolute Gasteiger partial charge is 0.243 e. The molecule has 2 aromatic carbocycles. The quantitative estimate of drug-likeness (QED) is 0.243. The van der Waals surface area contributed by atoms with Gasteiger partial charge in [-0.3, -0.25) is 19.2 Å². The minimum atomic E-state index is -1.14. The van der Waals surface area contributed by atoms with Gasteiger partial charge in [-0.15, -0.1) is 0 Å². The lowest BCUT2D eigenvalue weighted by Gasteiger charge is -2.23. The minimum absolute atomic E-state index is 0.0499. The number of rotatable bonds is 12. The molecule has 0 spiro atoms. The number of carbonyl (C=O) groups is 4. The number of primary amides is 2. The van der Waals surface area contributed by atoms with E-state index in [0.29, 0.717) is 5.56 Å². The molecule has 4 amide bonds. The zero-order valence-electron chi connectivity index (χ0n) is 18.1. The molecule has 2 aromatic rings. The van der Waals surface area contributed by atoms with E-state index in [-0.39, 0.29) is 31.4 Å². The molecule has 0 aromatic heterocycles. The molecule has 0 bridgehead atoms. The highest BCUT2D eigenvalue weighted by molar-refractivity contribution is 5.93. The van der Waals surface area contributed by atoms with Crippen LogP contribution in [0.3, 0.4) is 0 Å². The average molecular weight is 456 g/mol. The predicted octanol–water partition coefficient (Wildman–Crippen LogP) is -0.775. The van der Waals surface area contributed by atoms with Crippen LogP contribution in [0.5, 0.6) is 5.75 Å². The summed E-state index contributed by atoms with van der Waals surface area (Å²) in [6.45, 7) is 0. The van der Waals surface area contributed by atoms with Gasteiger partial charge in [-0.1, -0.05) is 42.5 Å². The van der Waals surface area contributed by atoms with Crippen LogP contribution in [0.25, 0.3) is 0 Å². The van der Waals surface area contributed by atoms with Gasteiger partial charge in [-0.05, 0) is 36.1 Å². The Morgan fingerprint density at radius 2 is 1.36 bits per heavy atom. The highest BCUT2D eigenvalue weighted by Crippen LogP contribution is 2.12. The van der Waals surface area contributed by atoms with E-state index in [0.717, 1.165) is 5.56 Å². The summed E-state index contributed by atoms with van der Waals surface area (Å²) in [5.41, 5.74) is 18.0. The third-order valence-electron chi connectivity index (χ3n) is 4.98. The molecule has 0 radical (unpaired) electrons. The molecule has 9 N–H and O–H groups in total. The molecule has 0 aliphatic rings. The summed E-state index contributed by atoms with van der Waals surface area (Å²) < 4.78 is 0. The van der Waals surface area contributed by atoms with Crippen LogP contribution in [-0.4, -0.2) is 46.9 Å². The van der Waals surface area contributed by atoms with Crippen LogP contribution in [0.1, 0.15) is 24.0 Å². The van der Waals surface area contributed by atoms with Gasteiger partial charge in [0.25, 0.3) is 0 Å². The van der Waals surface area contributed by atoms with E-state index in [1.54, 1.807) is 12.1 Å². The van der Waals surface area contributed by atoms with Crippen molar-refractivity contribution in [3.05, 3.63) is 65.7 Å². The van der Waals surface area contributed by atoms with Crippen LogP contribution in [-0.2, 0) is 32.0 Å². The van der Waals surface area contributed by atoms with Crippen molar-refractivity contribution < 1.29 is 24.3 Å². The molecule has 0 heterocycles. The summed E-state index contributed by atoms with van der Waals surface area (Å²) in [5, 5.41) is 14.6. The molecule has 0 saturated heterocycles. The van der Waals surface area contributed by atoms with E-state index in [9.17, 15) is 24.3 Å². The number of nitrogens with one attached hydrogen (secondary N) is 2. The van der Waals surface area contributed by atoms with Crippen LogP contribution in [0, 0.1) is 0 Å². The minimum Gasteiger partial charge on any atom is -0.508 e. The van der Waals surface area contributed by atoms with E-state index in [4.69, 9.17) is 17.2 Å². The second kappa shape index (κ2) is 12.2. The fourth-order valence-corrected chi connectivity index (χ4v) is 3.16. The van der Waals surface area contributed by atoms with Crippen molar-refractivity contribution in [2.24, 2.45) is 17.2 Å². The average Bonchev–Trinajstić information content (AvgIpc) is 2.77. The highest BCUT2D eigenvalue weighted by Gasteiger charge is 2.28. The number of phenolic OH excluding ortho intramolecular Hbond substituents is 1. The Morgan fingerprint density at radius 3 is 1.94 bits per heavy atom. The lowest BCUT2D eigenvalue weighted by molar-refractivity contribution is -0.132. The Bertz CT molecular complexity index is 965. The predicted molar refractivity (Wildman–Crippen MR) is 121 cm³/mol. The van der Waals surface area contributed by atoms with E-state index >= 15 is 0 Å². The van der Waals surface area contributed by atoms with E-state index in [1.807, 2.05) is 30.3 Å². The van der Waals surface area contributed by atoms with Crippen LogP contribution in [0.4, 0.5) is 0 Å². The third-order valence-corrected chi connectivity index (χ3v) is 4.98. The second-order valence-corrected chi connectivity index (χ2v) is 7.70. The van der Waals surface area contributed by atoms with Gasteiger partial charge < -0.3 is 32.9 Å². The normalized spacial score (nSPS) is 13.4. The van der Waals surface area contributed by atoms with Crippen molar-refractivity contribution in [1.29, 1.82) is 0 Å². The number of carbonyl (C=O) groups excluding carboxylic acids is 4. The Kier molecular flexibility index (Phi) is 9.37. The number of hydrogen-bond acceptors (Lipinski definition) is 6. The summed E-state index contributed by atoms with van der Waals surface area (Å²) in [6, 6.07) is 12.2. The Balaban J connectivity index is 2.14. The maximum Gasteiger partial charge on any atom is 0.243 e. The Labute approximate surface area is 191 Å². The summed E-state index contributed by atoms with van der Waals surface area (Å²) in [6.07, 6.45) is 0.120. The topological polar surface area (TPSA) is 191 Å². The van der Waals surface area contributed by atoms with Gasteiger partial charge in [-0.2, -0.15) is 0 Å². The van der Waals surface area contributed by atoms with Gasteiger partial charge in [0.2, 0.25) is 23.6 Å². The first-order valence-electron chi connectivity index (χ1n) is 10.4. The van der Waals surface area contributed by atoms with Gasteiger partial charge in [0, 0.05) is 12.8 Å². The van der Waals surface area contributed by atoms with Crippen molar-refractivity contribution >= 4 is 23.6 Å². The molecule has 0 unspecified atom stereocenters. The van der Waals surface area contributed by atoms with Crippen molar-refractivity contribution in [3.63, 3.8) is 0 Å². The van der Waals surface area contributed by atoms with Crippen LogP contribution in [0.15, 0.2) is 54.6 Å². The molecule has 10 nitrogen and oxygen atoms in total. The molecule has 3 atom stereocenters. The van der Waals surface area contributed by atoms with Crippen molar-refractivity contribution in [2.75, 3.05) is 0 Å². The molecule has 2 rings (SSSR count). The van der Waals surface area contributed by atoms with Gasteiger partial charge >= 0.3 is 0 Å². The molecule has 0 aliphatic carbocycles. The van der Waals surface area contributed by atoms with Crippen molar-refractivity contribution in [2.45, 2.75) is 43.8 Å². The fraction of sp³-hybridized carbons (Fsp3) is 0.304. The van der Waals surface area contributed by atoms with Crippen LogP contribution in [0.2, 0.25) is 0 Å². The van der Waals surface area contributed by atoms with Crippen molar-refractivity contribution in [1.82, 2.24) is 10.6 Å². The standard InChI is InChI=1S/C23H29N5O5/c24-17(12-14-4-2-1-3-5-14)22(32)28-19(13-15-6-8-16(29)9-7-15)23(33)27-18(21(26)31)10-11-20(25)30/h1-9,17-19,29H,10-13,24H2,(H2,25,30)(H2,26,31)(H,27,33)(H,28,32)/t17-,18-,19-/m0/s1. The van der Waals surface area contributed by atoms with Crippen molar-refractivity contribution in [3.8, 4) is 5.75 Å². The van der Waals surface area contributed by atoms with Gasteiger partial charge in [0.15, 0.2) is 0 Å². The maximum atomic E-state index is 13.0. The molecule has 0 aliphatic heterocycles. The Morgan fingerprint density at radius 1 is 0.788 bits per heavy atom. The van der Waals surface area contributed by atoms with Crippen LogP contribution < -0.4 is 27.8 Å². The molecule has 10 heteroatoms. The maximum absolute atomic E-state index is 13.0. The number of benzene rings is 2. The highest BCUT2D eigenvalue weighted by atomic mass is 16.3. The first-order chi connectivity index (χ1) is 15.7. The van der Waals surface area contributed by atoms with Gasteiger partial charge in [-0.25, -0.2) is 0 Å². The second-order valence-electron chi connectivity index (χ2n) is 7.70. The SMILES string of the molecule is NC(=O)CC[C@H](NC(=O)[C@H](Cc1ccc(O)cc1)NC(=O)[C@@H](N)Cc1ccccc1)C(N)=O. The number of aromatic hydroxyl groups is 1. The molecular weight excluding hydrogens is 426 g/mol. The summed E-state index contributed by atoms with van der Waals surface area (Å²) in [5.74, 6) is -2.65. The van der Waals surface area contributed by atoms with E-state index in [2.05, 4.69) is 10.6 Å². The molecule has 0 saturated carbocycles. The number of phenols is 1. The molecule has 0 fully saturated rings. The molecular formula is C23H29N5O5. The van der Waals surface area contributed by atoms with Gasteiger partial charge in [0.05, 0.1) is 6.04 Å². The molecule has 176 valence electrons. The summed E-state index contributed by atoms with van der Waals surface area (Å²) >= 11 is 0. The number of amides is 4. The third kappa shape index (κ3) is 8.62.